The third-order valence-electron chi connectivity index (χ3n) is 6.36. The van der Waals surface area contributed by atoms with Crippen molar-refractivity contribution in [1.29, 1.82) is 0 Å². The first-order chi connectivity index (χ1) is 21.0. The molecule has 0 bridgehead atoms. The van der Waals surface area contributed by atoms with E-state index >= 15 is 0 Å². The first-order valence-electron chi connectivity index (χ1n) is 13.6. The van der Waals surface area contributed by atoms with Gasteiger partial charge in [0.05, 0.1) is 31.3 Å². The van der Waals surface area contributed by atoms with E-state index < -0.39 is 28.0 Å². The van der Waals surface area contributed by atoms with Crippen molar-refractivity contribution >= 4 is 50.0 Å². The molecule has 3 aromatic carbocycles. The second-order valence-electron chi connectivity index (χ2n) is 9.66. The van der Waals surface area contributed by atoms with Crippen LogP contribution in [-0.2, 0) is 26.3 Å². The first kappa shape index (κ1) is 32.6. The van der Waals surface area contributed by atoms with Crippen molar-refractivity contribution in [3.05, 3.63) is 81.3 Å². The summed E-state index contributed by atoms with van der Waals surface area (Å²) in [5.41, 5.74) is 1.45. The highest BCUT2D eigenvalue weighted by Gasteiger charge is 2.36. The van der Waals surface area contributed by atoms with E-state index in [1.807, 2.05) is 13.8 Å². The van der Waals surface area contributed by atoms with Crippen LogP contribution >= 0.6 is 15.9 Å². The van der Waals surface area contributed by atoms with Crippen molar-refractivity contribution < 1.29 is 41.2 Å². The van der Waals surface area contributed by atoms with Crippen LogP contribution in [0.5, 0.6) is 23.0 Å². The third-order valence-corrected chi connectivity index (χ3v) is 8.19. The Kier molecular flexibility index (Phi) is 10.3. The fourth-order valence-corrected chi connectivity index (χ4v) is 5.81. The molecule has 0 unspecified atom stereocenters. The number of halogens is 1. The second-order valence-corrected chi connectivity index (χ2v) is 12.1. The van der Waals surface area contributed by atoms with Crippen LogP contribution in [0.4, 0.5) is 4.79 Å². The summed E-state index contributed by atoms with van der Waals surface area (Å²) in [6.45, 7) is 6.03. The largest absolute Gasteiger partial charge is 0.493 e. The lowest BCUT2D eigenvalue weighted by Gasteiger charge is -2.26. The predicted molar refractivity (Wildman–Crippen MR) is 165 cm³/mol. The molecule has 1 N–H and O–H groups in total. The Balaban J connectivity index is 1.64. The smallest absolute Gasteiger partial charge is 0.339 e. The molecule has 1 heterocycles. The van der Waals surface area contributed by atoms with Gasteiger partial charge in [-0.2, -0.15) is 8.42 Å². The Morgan fingerprint density at radius 3 is 2.32 bits per heavy atom. The van der Waals surface area contributed by atoms with E-state index in [1.165, 1.54) is 37.5 Å². The van der Waals surface area contributed by atoms with Gasteiger partial charge in [-0.3, -0.25) is 19.8 Å². The minimum absolute atomic E-state index is 0.0429. The molecule has 1 fully saturated rings. The fourth-order valence-electron chi connectivity index (χ4n) is 4.21. The van der Waals surface area contributed by atoms with Crippen molar-refractivity contribution in [3.8, 4) is 23.0 Å². The topological polar surface area (TPSA) is 138 Å². The Morgan fingerprint density at radius 2 is 1.66 bits per heavy atom. The van der Waals surface area contributed by atoms with Gasteiger partial charge in [0.25, 0.3) is 11.8 Å². The molecular formula is C31H31BrN2O9S. The van der Waals surface area contributed by atoms with E-state index in [9.17, 15) is 22.8 Å². The molecule has 4 rings (SSSR count). The van der Waals surface area contributed by atoms with Gasteiger partial charge in [0, 0.05) is 0 Å². The van der Waals surface area contributed by atoms with Crippen molar-refractivity contribution in [2.45, 2.75) is 38.6 Å². The molecule has 0 saturated carbocycles. The van der Waals surface area contributed by atoms with E-state index in [1.54, 1.807) is 37.3 Å². The zero-order chi connectivity index (χ0) is 32.0. The average molecular weight is 688 g/mol. The quantitative estimate of drug-likeness (QED) is 0.151. The maximum absolute atomic E-state index is 13.4. The molecule has 11 nitrogen and oxygen atoms in total. The van der Waals surface area contributed by atoms with Gasteiger partial charge in [-0.15, -0.1) is 0 Å². The fraction of sp³-hybridized carbons (Fsp3) is 0.258. The summed E-state index contributed by atoms with van der Waals surface area (Å²) in [4.78, 5) is 39.7. The van der Waals surface area contributed by atoms with Gasteiger partial charge < -0.3 is 18.4 Å². The summed E-state index contributed by atoms with van der Waals surface area (Å²) in [5.74, 6) is -0.788. The molecule has 0 aromatic heterocycles. The number of methoxy groups -OCH3 is 1. The Morgan fingerprint density at radius 1 is 0.932 bits per heavy atom. The molecule has 1 aliphatic heterocycles. The standard InChI is InChI=1S/C31H31BrN2O9S/c1-5-13-42-25-12-9-20(16-26(25)40-4)18-34-30(36)23(29(35)33-31(34)37)14-21-15-24(32)28(27(17-21)41-6-2)43-44(38,39)22-10-7-19(3)8-11-22/h7-12,14-17H,5-6,13,18H2,1-4H3,(H,33,35,37)/b23-14+. The number of benzene rings is 3. The van der Waals surface area contributed by atoms with Crippen LogP contribution in [0.15, 0.2) is 69.5 Å². The second kappa shape index (κ2) is 14.0. The van der Waals surface area contributed by atoms with E-state index in [4.69, 9.17) is 18.4 Å². The maximum atomic E-state index is 13.4. The number of hydrogen-bond acceptors (Lipinski definition) is 9. The van der Waals surface area contributed by atoms with Gasteiger partial charge >= 0.3 is 16.1 Å². The number of rotatable bonds is 12. The molecule has 44 heavy (non-hydrogen) atoms. The third kappa shape index (κ3) is 7.40. The Hall–Kier alpha value is -4.36. The lowest BCUT2D eigenvalue weighted by atomic mass is 10.1. The van der Waals surface area contributed by atoms with Crippen molar-refractivity contribution in [3.63, 3.8) is 0 Å². The summed E-state index contributed by atoms with van der Waals surface area (Å²) in [6, 6.07) is 13.2. The number of imide groups is 2. The van der Waals surface area contributed by atoms with Crippen LogP contribution in [0, 0.1) is 6.92 Å². The Labute approximate surface area is 264 Å². The summed E-state index contributed by atoms with van der Waals surface area (Å²) >= 11 is 3.33. The highest BCUT2D eigenvalue weighted by atomic mass is 79.9. The minimum Gasteiger partial charge on any atom is -0.493 e. The number of carbonyl (C=O) groups is 3. The SMILES string of the molecule is CCCOc1ccc(CN2C(=O)NC(=O)/C(=C\c3cc(Br)c(OS(=O)(=O)c4ccc(C)cc4)c(OCC)c3)C2=O)cc1OC. The monoisotopic (exact) mass is 686 g/mol. The number of ether oxygens (including phenoxy) is 3. The summed E-state index contributed by atoms with van der Waals surface area (Å²) < 4.78 is 48.3. The lowest BCUT2D eigenvalue weighted by Crippen LogP contribution is -2.53. The molecule has 1 saturated heterocycles. The number of carbonyl (C=O) groups excluding carboxylic acids is 3. The van der Waals surface area contributed by atoms with E-state index in [0.717, 1.165) is 16.9 Å². The van der Waals surface area contributed by atoms with Gasteiger partial charge in [0.15, 0.2) is 23.0 Å². The molecule has 0 aliphatic carbocycles. The molecule has 3 aromatic rings. The van der Waals surface area contributed by atoms with Crippen LogP contribution in [0.2, 0.25) is 0 Å². The van der Waals surface area contributed by atoms with Gasteiger partial charge in [-0.25, -0.2) is 4.79 Å². The summed E-state index contributed by atoms with van der Waals surface area (Å²) in [7, 11) is -2.73. The van der Waals surface area contributed by atoms with Crippen LogP contribution in [0.25, 0.3) is 6.08 Å². The molecule has 232 valence electrons. The first-order valence-corrected chi connectivity index (χ1v) is 15.8. The average Bonchev–Trinajstić information content (AvgIpc) is 2.98. The van der Waals surface area contributed by atoms with Crippen LogP contribution < -0.4 is 23.7 Å². The van der Waals surface area contributed by atoms with Crippen molar-refractivity contribution in [2.24, 2.45) is 0 Å². The van der Waals surface area contributed by atoms with Crippen LogP contribution in [0.3, 0.4) is 0 Å². The zero-order valence-corrected chi connectivity index (χ0v) is 26.9. The Bertz CT molecular complexity index is 1720. The predicted octanol–water partition coefficient (Wildman–Crippen LogP) is 5.38. The van der Waals surface area contributed by atoms with Gasteiger partial charge in [0.2, 0.25) is 0 Å². The van der Waals surface area contributed by atoms with E-state index in [-0.39, 0.29) is 39.6 Å². The molecule has 13 heteroatoms. The van der Waals surface area contributed by atoms with Crippen LogP contribution in [-0.4, -0.2) is 51.5 Å². The van der Waals surface area contributed by atoms with Crippen molar-refractivity contribution in [2.75, 3.05) is 20.3 Å². The summed E-state index contributed by atoms with van der Waals surface area (Å²) in [5, 5.41) is 2.19. The molecule has 0 atom stereocenters. The lowest BCUT2D eigenvalue weighted by molar-refractivity contribution is -0.130. The number of amides is 4. The highest BCUT2D eigenvalue weighted by molar-refractivity contribution is 9.10. The molecule has 0 radical (unpaired) electrons. The van der Waals surface area contributed by atoms with Gasteiger partial charge in [0.1, 0.15) is 10.5 Å². The van der Waals surface area contributed by atoms with Gasteiger partial charge in [-0.05, 0) is 89.8 Å². The van der Waals surface area contributed by atoms with Gasteiger partial charge in [-0.1, -0.05) is 30.7 Å². The molecule has 1 aliphatic rings. The minimum atomic E-state index is -4.21. The molecule has 4 amide bonds. The summed E-state index contributed by atoms with van der Waals surface area (Å²) in [6.07, 6.45) is 2.09. The number of aryl methyl sites for hydroxylation is 1. The van der Waals surface area contributed by atoms with E-state index in [0.29, 0.717) is 29.2 Å². The van der Waals surface area contributed by atoms with Crippen molar-refractivity contribution in [1.82, 2.24) is 10.2 Å². The highest BCUT2D eigenvalue weighted by Crippen LogP contribution is 2.39. The number of hydrogen-bond donors (Lipinski definition) is 1. The number of nitrogens with one attached hydrogen (secondary N) is 1. The number of barbiturate groups is 1. The molecule has 0 spiro atoms. The van der Waals surface area contributed by atoms with Crippen LogP contribution in [0.1, 0.15) is 37.0 Å². The maximum Gasteiger partial charge on any atom is 0.339 e. The molecular weight excluding hydrogens is 656 g/mol. The normalized spacial score (nSPS) is 14.4. The number of nitrogens with zero attached hydrogens (tertiary/aromatic N) is 1. The number of urea groups is 1. The van der Waals surface area contributed by atoms with E-state index in [2.05, 4.69) is 21.2 Å². The zero-order valence-electron chi connectivity index (χ0n) is 24.5.